The maximum Gasteiger partial charge on any atom is 0.125 e. The van der Waals surface area contributed by atoms with E-state index in [0.717, 1.165) is 40.6 Å². The van der Waals surface area contributed by atoms with E-state index in [1.54, 1.807) is 6.33 Å². The van der Waals surface area contributed by atoms with E-state index < -0.39 is 0 Å². The molecule has 8 nitrogen and oxygen atoms in total. The third-order valence-electron chi connectivity index (χ3n) is 7.58. The lowest BCUT2D eigenvalue weighted by atomic mass is 10.0. The van der Waals surface area contributed by atoms with Crippen LogP contribution >= 0.6 is 0 Å². The molecule has 8 heteroatoms. The van der Waals surface area contributed by atoms with Crippen LogP contribution in [-0.2, 0) is 0 Å². The Labute approximate surface area is 313 Å². The molecule has 6 rings (SSSR count). The molecule has 0 fully saturated rings. The SMILES string of the molecule is CCC(C)c1ccccn1.CCC(C)c1ccncc1.Cc1cc(C)ncn1.Cc1cccc(C)n1.Cc1cnc(C)nc1.Cc1cncc(C)c1. The van der Waals surface area contributed by atoms with Crippen molar-refractivity contribution in [1.29, 1.82) is 0 Å². The molecule has 6 heterocycles. The van der Waals surface area contributed by atoms with Crippen molar-refractivity contribution in [3.05, 3.63) is 167 Å². The molecule has 2 atom stereocenters. The summed E-state index contributed by atoms with van der Waals surface area (Å²) >= 11 is 0. The second kappa shape index (κ2) is 26.6. The number of rotatable bonds is 4. The molecule has 0 radical (unpaired) electrons. The van der Waals surface area contributed by atoms with Gasteiger partial charge in [-0.1, -0.05) is 45.9 Å². The molecule has 0 aliphatic rings. The summed E-state index contributed by atoms with van der Waals surface area (Å²) in [5.74, 6) is 2.10. The molecule has 52 heavy (non-hydrogen) atoms. The van der Waals surface area contributed by atoms with Crippen LogP contribution in [0.2, 0.25) is 0 Å². The summed E-state index contributed by atoms with van der Waals surface area (Å²) in [5, 5.41) is 0. The maximum absolute atomic E-state index is 4.25. The second-order valence-corrected chi connectivity index (χ2v) is 12.7. The highest BCUT2D eigenvalue weighted by molar-refractivity contribution is 5.15. The van der Waals surface area contributed by atoms with Gasteiger partial charge in [0.1, 0.15) is 12.2 Å². The molecular weight excluding hydrogens is 641 g/mol. The number of nitrogens with zero attached hydrogens (tertiary/aromatic N) is 8. The average Bonchev–Trinajstić information content (AvgIpc) is 3.14. The van der Waals surface area contributed by atoms with Crippen LogP contribution in [0.5, 0.6) is 0 Å². The Kier molecular flexibility index (Phi) is 22.9. The third kappa shape index (κ3) is 21.8. The van der Waals surface area contributed by atoms with Crippen LogP contribution in [0.15, 0.2) is 110 Å². The summed E-state index contributed by atoms with van der Waals surface area (Å²) in [7, 11) is 0. The molecule has 0 spiro atoms. The van der Waals surface area contributed by atoms with Crippen molar-refractivity contribution in [2.45, 2.75) is 108 Å². The lowest BCUT2D eigenvalue weighted by Gasteiger charge is -2.06. The van der Waals surface area contributed by atoms with Crippen molar-refractivity contribution in [3.63, 3.8) is 0 Å². The van der Waals surface area contributed by atoms with Gasteiger partial charge in [0.15, 0.2) is 0 Å². The Hall–Kier alpha value is -5.24. The largest absolute Gasteiger partial charge is 0.265 e. The van der Waals surface area contributed by atoms with E-state index in [0.29, 0.717) is 11.8 Å². The maximum atomic E-state index is 4.25. The summed E-state index contributed by atoms with van der Waals surface area (Å²) in [4.78, 5) is 32.2. The minimum absolute atomic E-state index is 0.598. The van der Waals surface area contributed by atoms with E-state index in [9.17, 15) is 0 Å². The van der Waals surface area contributed by atoms with Crippen molar-refractivity contribution in [2.75, 3.05) is 0 Å². The highest BCUT2D eigenvalue weighted by Gasteiger charge is 2.01. The Balaban J connectivity index is 0.000000313. The van der Waals surface area contributed by atoms with E-state index in [1.165, 1.54) is 28.8 Å². The van der Waals surface area contributed by atoms with Crippen LogP contribution in [0.1, 0.15) is 109 Å². The van der Waals surface area contributed by atoms with E-state index in [-0.39, 0.29) is 0 Å². The number of hydrogen-bond acceptors (Lipinski definition) is 8. The van der Waals surface area contributed by atoms with Gasteiger partial charge in [-0.2, -0.15) is 0 Å². The molecule has 0 aliphatic heterocycles. The summed E-state index contributed by atoms with van der Waals surface area (Å²) < 4.78 is 0. The average molecular weight is 701 g/mol. The number of pyridine rings is 4. The molecule has 2 unspecified atom stereocenters. The molecule has 6 aromatic heterocycles. The smallest absolute Gasteiger partial charge is 0.125 e. The van der Waals surface area contributed by atoms with Gasteiger partial charge in [0.2, 0.25) is 0 Å². The first-order valence-corrected chi connectivity index (χ1v) is 17.9. The highest BCUT2D eigenvalue weighted by atomic mass is 14.8. The van der Waals surface area contributed by atoms with Gasteiger partial charge in [0, 0.05) is 71.8 Å². The predicted octanol–water partition coefficient (Wildman–Crippen LogP) is 10.8. The molecule has 276 valence electrons. The minimum Gasteiger partial charge on any atom is -0.265 e. The van der Waals surface area contributed by atoms with Crippen molar-refractivity contribution >= 4 is 0 Å². The van der Waals surface area contributed by atoms with Crippen LogP contribution in [-0.4, -0.2) is 39.9 Å². The fraction of sp³-hybridized carbons (Fsp3) is 0.364. The molecule has 0 aromatic carbocycles. The Morgan fingerprint density at radius 3 is 1.40 bits per heavy atom. The predicted molar refractivity (Wildman–Crippen MR) is 216 cm³/mol. The first kappa shape index (κ1) is 44.8. The quantitative estimate of drug-likeness (QED) is 0.179. The van der Waals surface area contributed by atoms with E-state index in [1.807, 2.05) is 135 Å². The standard InChI is InChI=1S/2C9H13N.2C7H9N.2C6H8N2/c1-3-8(2)9-4-6-10-7-5-9;1-3-8(2)9-6-4-5-7-10-9;1-6-3-7(2)5-8-4-6;1-6-4-3-5-7(2)8-6;1-5-3-6(2)8-4-7-5;1-5-3-7-6(2)8-4-5/h2*4-8H,3H2,1-2H3;2*3-5H,1-2H3;2*3-4H,1-2H3. The summed E-state index contributed by atoms with van der Waals surface area (Å²) in [6.07, 6.45) is 16.8. The third-order valence-corrected chi connectivity index (χ3v) is 7.58. The monoisotopic (exact) mass is 700 g/mol. The molecule has 0 aliphatic carbocycles. The highest BCUT2D eigenvalue weighted by Crippen LogP contribution is 2.16. The molecule has 0 saturated carbocycles. The first-order valence-electron chi connectivity index (χ1n) is 17.9. The fourth-order valence-electron chi connectivity index (χ4n) is 4.23. The van der Waals surface area contributed by atoms with Crippen LogP contribution in [0.25, 0.3) is 0 Å². The molecule has 0 saturated heterocycles. The lowest BCUT2D eigenvalue weighted by molar-refractivity contribution is 0.708. The van der Waals surface area contributed by atoms with E-state index in [2.05, 4.69) is 91.8 Å². The lowest BCUT2D eigenvalue weighted by Crippen LogP contribution is -1.93. The number of aryl methyl sites for hydroxylation is 8. The first-order chi connectivity index (χ1) is 24.8. The van der Waals surface area contributed by atoms with Gasteiger partial charge in [-0.25, -0.2) is 19.9 Å². The number of hydrogen-bond donors (Lipinski definition) is 0. The number of aromatic nitrogens is 8. The zero-order valence-electron chi connectivity index (χ0n) is 33.5. The van der Waals surface area contributed by atoms with Crippen LogP contribution < -0.4 is 0 Å². The summed E-state index contributed by atoms with van der Waals surface area (Å²) in [6.45, 7) is 24.6. The van der Waals surface area contributed by atoms with Crippen LogP contribution in [0, 0.1) is 55.4 Å². The van der Waals surface area contributed by atoms with E-state index >= 15 is 0 Å². The Morgan fingerprint density at radius 2 is 1.04 bits per heavy atom. The molecular formula is C44H60N8. The van der Waals surface area contributed by atoms with Gasteiger partial charge in [0.05, 0.1) is 0 Å². The zero-order valence-corrected chi connectivity index (χ0v) is 33.5. The van der Waals surface area contributed by atoms with Crippen molar-refractivity contribution < 1.29 is 0 Å². The normalized spacial score (nSPS) is 10.7. The molecule has 0 amide bonds. The summed E-state index contributed by atoms with van der Waals surface area (Å²) in [6, 6.07) is 20.3. The zero-order chi connectivity index (χ0) is 38.7. The summed E-state index contributed by atoms with van der Waals surface area (Å²) in [5.41, 5.74) is 10.4. The van der Waals surface area contributed by atoms with Gasteiger partial charge in [-0.05, 0) is 145 Å². The van der Waals surface area contributed by atoms with Crippen molar-refractivity contribution in [1.82, 2.24) is 39.9 Å². The molecule has 0 bridgehead atoms. The topological polar surface area (TPSA) is 103 Å². The van der Waals surface area contributed by atoms with Crippen LogP contribution in [0.3, 0.4) is 0 Å². The van der Waals surface area contributed by atoms with Crippen LogP contribution in [0.4, 0.5) is 0 Å². The molecule has 0 N–H and O–H groups in total. The van der Waals surface area contributed by atoms with Crippen molar-refractivity contribution in [3.8, 4) is 0 Å². The second-order valence-electron chi connectivity index (χ2n) is 12.7. The fourth-order valence-corrected chi connectivity index (χ4v) is 4.23. The molecule has 6 aromatic rings. The van der Waals surface area contributed by atoms with E-state index in [4.69, 9.17) is 0 Å². The van der Waals surface area contributed by atoms with Gasteiger partial charge < -0.3 is 0 Å². The van der Waals surface area contributed by atoms with Gasteiger partial charge >= 0.3 is 0 Å². The Bertz CT molecular complexity index is 1540. The minimum atomic E-state index is 0.598. The van der Waals surface area contributed by atoms with Gasteiger partial charge in [0.25, 0.3) is 0 Å². The van der Waals surface area contributed by atoms with Crippen molar-refractivity contribution in [2.24, 2.45) is 0 Å². The van der Waals surface area contributed by atoms with Gasteiger partial charge in [-0.3, -0.25) is 19.9 Å². The van der Waals surface area contributed by atoms with Gasteiger partial charge in [-0.15, -0.1) is 0 Å². The Morgan fingerprint density at radius 1 is 0.481 bits per heavy atom.